The zero-order valence-corrected chi connectivity index (χ0v) is 21.0. The summed E-state index contributed by atoms with van der Waals surface area (Å²) in [5.41, 5.74) is 4.12. The first-order valence-electron chi connectivity index (χ1n) is 11.5. The van der Waals surface area contributed by atoms with Gasteiger partial charge in [-0.1, -0.05) is 62.0 Å². The highest BCUT2D eigenvalue weighted by atomic mass is 32.2. The Labute approximate surface area is 210 Å². The quantitative estimate of drug-likeness (QED) is 0.320. The summed E-state index contributed by atoms with van der Waals surface area (Å²) in [4.78, 5) is 16.9. The SMILES string of the molecule is COc1ccccc1CCNC(=O)CSc1nnc(-c2cccnc2)n1-c1ccccc1C(C)C. The fourth-order valence-electron chi connectivity index (χ4n) is 3.87. The number of para-hydroxylation sites is 2. The number of nitrogens with one attached hydrogen (secondary N) is 1. The highest BCUT2D eigenvalue weighted by molar-refractivity contribution is 7.99. The van der Waals surface area contributed by atoms with Crippen molar-refractivity contribution < 1.29 is 9.53 Å². The molecule has 4 rings (SSSR count). The molecule has 2 heterocycles. The number of nitrogens with zero attached hydrogens (tertiary/aromatic N) is 4. The van der Waals surface area contributed by atoms with Crippen molar-refractivity contribution in [2.24, 2.45) is 0 Å². The molecule has 8 heteroatoms. The van der Waals surface area contributed by atoms with Crippen LogP contribution in [0.3, 0.4) is 0 Å². The van der Waals surface area contributed by atoms with E-state index in [0.29, 0.717) is 29.9 Å². The molecule has 2 aromatic heterocycles. The van der Waals surface area contributed by atoms with E-state index < -0.39 is 0 Å². The van der Waals surface area contributed by atoms with Crippen molar-refractivity contribution in [1.82, 2.24) is 25.1 Å². The Kier molecular flexibility index (Phi) is 8.15. The molecule has 0 fully saturated rings. The summed E-state index contributed by atoms with van der Waals surface area (Å²) in [5, 5.41) is 12.6. The van der Waals surface area contributed by atoms with Gasteiger partial charge in [-0.15, -0.1) is 10.2 Å². The van der Waals surface area contributed by atoms with Crippen LogP contribution in [0.4, 0.5) is 0 Å². The Morgan fingerprint density at radius 3 is 2.63 bits per heavy atom. The molecule has 0 bridgehead atoms. The molecule has 1 N–H and O–H groups in total. The van der Waals surface area contributed by atoms with Crippen LogP contribution in [0, 0.1) is 0 Å². The van der Waals surface area contributed by atoms with E-state index in [4.69, 9.17) is 4.74 Å². The smallest absolute Gasteiger partial charge is 0.230 e. The molecule has 0 atom stereocenters. The molecule has 4 aromatic rings. The minimum absolute atomic E-state index is 0.0560. The van der Waals surface area contributed by atoms with Crippen LogP contribution in [0.15, 0.2) is 78.2 Å². The maximum Gasteiger partial charge on any atom is 0.230 e. The predicted molar refractivity (Wildman–Crippen MR) is 139 cm³/mol. The number of carbonyl (C=O) groups excluding carboxylic acids is 1. The molecular formula is C27H29N5O2S. The molecule has 7 nitrogen and oxygen atoms in total. The lowest BCUT2D eigenvalue weighted by Crippen LogP contribution is -2.27. The van der Waals surface area contributed by atoms with E-state index in [1.165, 1.54) is 17.3 Å². The number of carbonyl (C=O) groups is 1. The number of amides is 1. The van der Waals surface area contributed by atoms with Crippen molar-refractivity contribution >= 4 is 17.7 Å². The average molecular weight is 488 g/mol. The molecule has 1 amide bonds. The Balaban J connectivity index is 1.51. The molecule has 0 saturated heterocycles. The maximum absolute atomic E-state index is 12.6. The number of benzene rings is 2. The molecule has 0 spiro atoms. The van der Waals surface area contributed by atoms with Crippen molar-refractivity contribution in [2.75, 3.05) is 19.4 Å². The van der Waals surface area contributed by atoms with Gasteiger partial charge in [-0.2, -0.15) is 0 Å². The zero-order valence-electron chi connectivity index (χ0n) is 20.1. The van der Waals surface area contributed by atoms with Gasteiger partial charge in [-0.05, 0) is 47.7 Å². The first-order valence-corrected chi connectivity index (χ1v) is 12.5. The largest absolute Gasteiger partial charge is 0.496 e. The van der Waals surface area contributed by atoms with Gasteiger partial charge in [0.1, 0.15) is 5.75 Å². The Hall–Kier alpha value is -3.65. The monoisotopic (exact) mass is 487 g/mol. The van der Waals surface area contributed by atoms with Gasteiger partial charge < -0.3 is 10.1 Å². The molecule has 0 saturated carbocycles. The molecule has 0 aliphatic heterocycles. The fourth-order valence-corrected chi connectivity index (χ4v) is 4.64. The van der Waals surface area contributed by atoms with Crippen LogP contribution in [-0.4, -0.2) is 45.1 Å². The Morgan fingerprint density at radius 1 is 1.06 bits per heavy atom. The highest BCUT2D eigenvalue weighted by Gasteiger charge is 2.20. The van der Waals surface area contributed by atoms with Gasteiger partial charge in [0.25, 0.3) is 0 Å². The summed E-state index contributed by atoms with van der Waals surface area (Å²) >= 11 is 1.37. The van der Waals surface area contributed by atoms with Crippen LogP contribution in [0.25, 0.3) is 17.1 Å². The third-order valence-corrected chi connectivity index (χ3v) is 6.52. The van der Waals surface area contributed by atoms with Gasteiger partial charge in [0.05, 0.1) is 18.6 Å². The predicted octanol–water partition coefficient (Wildman–Crippen LogP) is 4.91. The summed E-state index contributed by atoms with van der Waals surface area (Å²) in [5.74, 6) is 2.02. The van der Waals surface area contributed by atoms with E-state index in [1.807, 2.05) is 53.1 Å². The second kappa shape index (κ2) is 11.7. The third kappa shape index (κ3) is 5.89. The molecule has 2 aromatic carbocycles. The normalized spacial score (nSPS) is 11.0. The van der Waals surface area contributed by atoms with E-state index >= 15 is 0 Å². The van der Waals surface area contributed by atoms with Crippen LogP contribution in [0.2, 0.25) is 0 Å². The highest BCUT2D eigenvalue weighted by Crippen LogP contribution is 2.31. The van der Waals surface area contributed by atoms with Gasteiger partial charge in [-0.25, -0.2) is 0 Å². The number of aromatic nitrogens is 4. The molecule has 35 heavy (non-hydrogen) atoms. The molecule has 0 aliphatic carbocycles. The number of hydrogen-bond donors (Lipinski definition) is 1. The van der Waals surface area contributed by atoms with Crippen molar-refractivity contribution in [1.29, 1.82) is 0 Å². The van der Waals surface area contributed by atoms with Gasteiger partial charge in [-0.3, -0.25) is 14.3 Å². The molecular weight excluding hydrogens is 458 g/mol. The summed E-state index contributed by atoms with van der Waals surface area (Å²) in [6.07, 6.45) is 4.21. The zero-order chi connectivity index (χ0) is 24.6. The number of thioether (sulfide) groups is 1. The van der Waals surface area contributed by atoms with Gasteiger partial charge >= 0.3 is 0 Å². The van der Waals surface area contributed by atoms with Gasteiger partial charge in [0.2, 0.25) is 5.91 Å². The third-order valence-electron chi connectivity index (χ3n) is 5.59. The topological polar surface area (TPSA) is 81.9 Å². The van der Waals surface area contributed by atoms with E-state index in [1.54, 1.807) is 19.5 Å². The summed E-state index contributed by atoms with van der Waals surface area (Å²) < 4.78 is 7.42. The van der Waals surface area contributed by atoms with Crippen molar-refractivity contribution in [3.63, 3.8) is 0 Å². The first-order chi connectivity index (χ1) is 17.1. The molecule has 180 valence electrons. The number of rotatable bonds is 10. The van der Waals surface area contributed by atoms with Crippen LogP contribution in [0.5, 0.6) is 5.75 Å². The fraction of sp³-hybridized carbons (Fsp3) is 0.259. The van der Waals surface area contributed by atoms with Gasteiger partial charge in [0, 0.05) is 24.5 Å². The molecule has 0 unspecified atom stereocenters. The van der Waals surface area contributed by atoms with E-state index in [2.05, 4.69) is 46.5 Å². The average Bonchev–Trinajstić information content (AvgIpc) is 3.32. The molecule has 0 radical (unpaired) electrons. The minimum Gasteiger partial charge on any atom is -0.496 e. The van der Waals surface area contributed by atoms with E-state index in [-0.39, 0.29) is 11.7 Å². The van der Waals surface area contributed by atoms with Crippen molar-refractivity contribution in [2.45, 2.75) is 31.3 Å². The second-order valence-electron chi connectivity index (χ2n) is 8.30. The maximum atomic E-state index is 12.6. The Bertz CT molecular complexity index is 1270. The van der Waals surface area contributed by atoms with Gasteiger partial charge in [0.15, 0.2) is 11.0 Å². The minimum atomic E-state index is -0.0560. The number of pyridine rings is 1. The van der Waals surface area contributed by atoms with Crippen LogP contribution in [0.1, 0.15) is 30.9 Å². The summed E-state index contributed by atoms with van der Waals surface area (Å²) in [6.45, 7) is 4.85. The number of hydrogen-bond acceptors (Lipinski definition) is 6. The molecule has 0 aliphatic rings. The van der Waals surface area contributed by atoms with Crippen molar-refractivity contribution in [3.05, 3.63) is 84.2 Å². The summed E-state index contributed by atoms with van der Waals surface area (Å²) in [6, 6.07) is 19.9. The second-order valence-corrected chi connectivity index (χ2v) is 9.24. The lowest BCUT2D eigenvalue weighted by atomic mass is 10.0. The summed E-state index contributed by atoms with van der Waals surface area (Å²) in [7, 11) is 1.65. The first kappa shape index (κ1) is 24.5. The van der Waals surface area contributed by atoms with Crippen LogP contribution < -0.4 is 10.1 Å². The lowest BCUT2D eigenvalue weighted by molar-refractivity contribution is -0.118. The standard InChI is InChI=1S/C27H29N5O2S/c1-19(2)22-11-5-6-12-23(22)32-26(21-10-8-15-28-17-21)30-31-27(32)35-18-25(33)29-16-14-20-9-4-7-13-24(20)34-3/h4-13,15,17,19H,14,16,18H2,1-3H3,(H,29,33). The number of ether oxygens (including phenoxy) is 1. The van der Waals surface area contributed by atoms with Crippen LogP contribution in [-0.2, 0) is 11.2 Å². The van der Waals surface area contributed by atoms with E-state index in [0.717, 1.165) is 22.6 Å². The lowest BCUT2D eigenvalue weighted by Gasteiger charge is -2.16. The van der Waals surface area contributed by atoms with E-state index in [9.17, 15) is 4.79 Å². The number of methoxy groups -OCH3 is 1. The van der Waals surface area contributed by atoms with Crippen LogP contribution >= 0.6 is 11.8 Å². The van der Waals surface area contributed by atoms with Crippen molar-refractivity contribution in [3.8, 4) is 22.8 Å². The Morgan fingerprint density at radius 2 is 1.86 bits per heavy atom.